The molecule has 1 aromatic rings. The van der Waals surface area contributed by atoms with Crippen molar-refractivity contribution in [3.05, 3.63) is 24.3 Å². The van der Waals surface area contributed by atoms with Gasteiger partial charge >= 0.3 is 5.97 Å². The van der Waals surface area contributed by atoms with Crippen LogP contribution in [0.15, 0.2) is 24.3 Å². The predicted octanol–water partition coefficient (Wildman–Crippen LogP) is 0.418. The Morgan fingerprint density at radius 2 is 1.94 bits per heavy atom. The van der Waals surface area contributed by atoms with Crippen molar-refractivity contribution in [3.63, 3.8) is 0 Å². The normalized spacial score (nSPS) is 24.7. The second-order valence-electron chi connectivity index (χ2n) is 4.02. The summed E-state index contributed by atoms with van der Waals surface area (Å²) in [7, 11) is 0. The highest BCUT2D eigenvalue weighted by atomic mass is 16.4. The van der Waals surface area contributed by atoms with E-state index in [0.29, 0.717) is 6.54 Å². The van der Waals surface area contributed by atoms with Crippen LogP contribution >= 0.6 is 0 Å². The molecule has 3 N–H and O–H groups in total. The minimum absolute atomic E-state index is 0.0765. The molecule has 0 saturated carbocycles. The summed E-state index contributed by atoms with van der Waals surface area (Å²) in [5.41, 5.74) is -0.854. The molecule has 1 aliphatic rings. The maximum Gasteiger partial charge on any atom is 0.337 e. The first-order valence-corrected chi connectivity index (χ1v) is 5.01. The largest absolute Gasteiger partial charge is 0.508 e. The van der Waals surface area contributed by atoms with E-state index < -0.39 is 11.6 Å². The molecule has 1 saturated heterocycles. The van der Waals surface area contributed by atoms with Crippen molar-refractivity contribution in [1.82, 2.24) is 0 Å². The fourth-order valence-corrected chi connectivity index (χ4v) is 1.85. The molecule has 0 aromatic heterocycles. The molecule has 1 fully saturated rings. The first-order chi connectivity index (χ1) is 7.51. The molecular weight excluding hydrogens is 210 g/mol. The first-order valence-electron chi connectivity index (χ1n) is 5.01. The van der Waals surface area contributed by atoms with Gasteiger partial charge in [-0.2, -0.15) is 0 Å². The second kappa shape index (κ2) is 3.68. The van der Waals surface area contributed by atoms with E-state index in [0.717, 1.165) is 5.69 Å². The molecule has 0 aliphatic carbocycles. The van der Waals surface area contributed by atoms with Crippen LogP contribution in [0.1, 0.15) is 6.42 Å². The Morgan fingerprint density at radius 1 is 1.31 bits per heavy atom. The van der Waals surface area contributed by atoms with E-state index >= 15 is 0 Å². The van der Waals surface area contributed by atoms with Crippen molar-refractivity contribution in [2.24, 2.45) is 0 Å². The number of aliphatic carboxylic acids is 1. The Balaban J connectivity index is 2.15. The summed E-state index contributed by atoms with van der Waals surface area (Å²) in [6.07, 6.45) is 0.212. The number of hydrogen-bond donors (Lipinski definition) is 3. The van der Waals surface area contributed by atoms with Gasteiger partial charge in [0.2, 0.25) is 0 Å². The lowest BCUT2D eigenvalue weighted by molar-refractivity contribution is -0.156. The summed E-state index contributed by atoms with van der Waals surface area (Å²) in [6.45, 7) is 0.570. The highest BCUT2D eigenvalue weighted by Gasteiger charge is 2.43. The molecule has 5 nitrogen and oxygen atoms in total. The number of aromatic hydroxyl groups is 1. The molecule has 1 heterocycles. The van der Waals surface area contributed by atoms with Crippen molar-refractivity contribution < 1.29 is 20.1 Å². The molecule has 5 heteroatoms. The van der Waals surface area contributed by atoms with E-state index in [9.17, 15) is 9.90 Å². The Hall–Kier alpha value is -1.75. The van der Waals surface area contributed by atoms with Gasteiger partial charge in [0.05, 0.1) is 6.54 Å². The van der Waals surface area contributed by atoms with Gasteiger partial charge in [0.25, 0.3) is 0 Å². The van der Waals surface area contributed by atoms with Crippen molar-refractivity contribution in [2.45, 2.75) is 12.0 Å². The van der Waals surface area contributed by atoms with E-state index in [1.165, 1.54) is 12.1 Å². The van der Waals surface area contributed by atoms with Crippen LogP contribution in [-0.2, 0) is 4.79 Å². The minimum atomic E-state index is -1.65. The number of aliphatic hydroxyl groups is 1. The lowest BCUT2D eigenvalue weighted by Crippen LogP contribution is -2.41. The fraction of sp³-hybridized carbons (Fsp3) is 0.364. The van der Waals surface area contributed by atoms with Gasteiger partial charge in [-0.25, -0.2) is 4.79 Å². The Bertz CT molecular complexity index is 403. The molecule has 16 heavy (non-hydrogen) atoms. The summed E-state index contributed by atoms with van der Waals surface area (Å²) in [6, 6.07) is 6.47. The Kier molecular flexibility index (Phi) is 2.47. The summed E-state index contributed by atoms with van der Waals surface area (Å²) >= 11 is 0. The minimum Gasteiger partial charge on any atom is -0.508 e. The van der Waals surface area contributed by atoms with Crippen LogP contribution in [0.25, 0.3) is 0 Å². The van der Waals surface area contributed by atoms with Gasteiger partial charge in [0.15, 0.2) is 5.60 Å². The number of phenols is 1. The summed E-state index contributed by atoms with van der Waals surface area (Å²) in [5.74, 6) is -1.02. The second-order valence-corrected chi connectivity index (χ2v) is 4.02. The zero-order valence-corrected chi connectivity index (χ0v) is 8.63. The summed E-state index contributed by atoms with van der Waals surface area (Å²) in [5, 5.41) is 27.8. The zero-order valence-electron chi connectivity index (χ0n) is 8.63. The van der Waals surface area contributed by atoms with Crippen molar-refractivity contribution in [1.29, 1.82) is 0 Å². The van der Waals surface area contributed by atoms with Gasteiger partial charge in [0, 0.05) is 18.7 Å². The van der Waals surface area contributed by atoms with Crippen LogP contribution in [0, 0.1) is 0 Å². The zero-order chi connectivity index (χ0) is 11.8. The van der Waals surface area contributed by atoms with Gasteiger partial charge in [0.1, 0.15) is 5.75 Å². The van der Waals surface area contributed by atoms with Crippen molar-refractivity contribution in [2.75, 3.05) is 18.0 Å². The maximum absolute atomic E-state index is 10.8. The standard InChI is InChI=1S/C11H13NO4/c13-9-3-1-8(2-4-9)12-6-5-11(16,7-12)10(14)15/h1-4,13,16H,5-7H2,(H,14,15). The smallest absolute Gasteiger partial charge is 0.337 e. The predicted molar refractivity (Wildman–Crippen MR) is 57.5 cm³/mol. The number of rotatable bonds is 2. The lowest BCUT2D eigenvalue weighted by atomic mass is 10.0. The Labute approximate surface area is 92.6 Å². The molecule has 0 amide bonds. The third kappa shape index (κ3) is 1.81. The van der Waals surface area contributed by atoms with Gasteiger partial charge in [-0.3, -0.25) is 0 Å². The molecule has 1 aliphatic heterocycles. The van der Waals surface area contributed by atoms with Crippen LogP contribution in [0.5, 0.6) is 5.75 Å². The number of hydrogen-bond acceptors (Lipinski definition) is 4. The first kappa shape index (κ1) is 10.8. The molecule has 0 radical (unpaired) electrons. The molecule has 0 spiro atoms. The van der Waals surface area contributed by atoms with Gasteiger partial charge < -0.3 is 20.2 Å². The van der Waals surface area contributed by atoms with Crippen molar-refractivity contribution in [3.8, 4) is 5.75 Å². The highest BCUT2D eigenvalue weighted by Crippen LogP contribution is 2.27. The molecule has 1 unspecified atom stereocenters. The van der Waals surface area contributed by atoms with Gasteiger partial charge in [-0.15, -0.1) is 0 Å². The number of nitrogens with zero attached hydrogens (tertiary/aromatic N) is 1. The van der Waals surface area contributed by atoms with Crippen LogP contribution in [0.4, 0.5) is 5.69 Å². The average molecular weight is 223 g/mol. The van der Waals surface area contributed by atoms with E-state index in [-0.39, 0.29) is 18.7 Å². The summed E-state index contributed by atoms with van der Waals surface area (Å²) in [4.78, 5) is 12.6. The molecule has 86 valence electrons. The molecule has 1 atom stereocenters. The number of β-amino-alcohol motifs (C(OH)–C–C–N with tert-alkyl or cyclic N) is 1. The van der Waals surface area contributed by atoms with E-state index in [2.05, 4.69) is 0 Å². The number of benzene rings is 1. The van der Waals surface area contributed by atoms with Gasteiger partial charge in [-0.1, -0.05) is 0 Å². The third-order valence-electron chi connectivity index (χ3n) is 2.86. The lowest BCUT2D eigenvalue weighted by Gasteiger charge is -2.20. The quantitative estimate of drug-likeness (QED) is 0.677. The fourth-order valence-electron chi connectivity index (χ4n) is 1.85. The average Bonchev–Trinajstić information content (AvgIpc) is 2.63. The van der Waals surface area contributed by atoms with Gasteiger partial charge in [-0.05, 0) is 24.3 Å². The number of carboxylic acids is 1. The van der Waals surface area contributed by atoms with Crippen molar-refractivity contribution >= 4 is 11.7 Å². The Morgan fingerprint density at radius 3 is 2.44 bits per heavy atom. The number of anilines is 1. The SMILES string of the molecule is O=C(O)C1(O)CCN(c2ccc(O)cc2)C1. The van der Waals surface area contributed by atoms with Crippen LogP contribution in [-0.4, -0.2) is 40.0 Å². The number of carboxylic acid groups (broad SMARTS) is 1. The monoisotopic (exact) mass is 223 g/mol. The highest BCUT2D eigenvalue weighted by molar-refractivity contribution is 5.79. The van der Waals surface area contributed by atoms with Crippen LogP contribution in [0.2, 0.25) is 0 Å². The van der Waals surface area contributed by atoms with Crippen LogP contribution in [0.3, 0.4) is 0 Å². The van der Waals surface area contributed by atoms with Crippen LogP contribution < -0.4 is 4.90 Å². The molecule has 2 rings (SSSR count). The maximum atomic E-state index is 10.8. The van der Waals surface area contributed by atoms with E-state index in [4.69, 9.17) is 10.2 Å². The van der Waals surface area contributed by atoms with E-state index in [1.54, 1.807) is 17.0 Å². The number of phenolic OH excluding ortho intramolecular Hbond substituents is 1. The number of carbonyl (C=O) groups is 1. The van der Waals surface area contributed by atoms with E-state index in [1.807, 2.05) is 0 Å². The molecular formula is C11H13NO4. The third-order valence-corrected chi connectivity index (χ3v) is 2.86. The molecule has 1 aromatic carbocycles. The molecule has 0 bridgehead atoms. The topological polar surface area (TPSA) is 81.0 Å². The summed E-state index contributed by atoms with van der Waals surface area (Å²) < 4.78 is 0.